The number of benzene rings is 1. The number of hydrogen-bond donors (Lipinski definition) is 0. The van der Waals surface area contributed by atoms with Crippen LogP contribution in [0.1, 0.15) is 36.8 Å². The molecule has 0 radical (unpaired) electrons. The lowest BCUT2D eigenvalue weighted by molar-refractivity contribution is 0.00691. The van der Waals surface area contributed by atoms with Gasteiger partial charge >= 0.3 is 5.97 Å². The number of halogens is 1. The third-order valence-corrected chi connectivity index (χ3v) is 2.54. The Labute approximate surface area is 132 Å². The zero-order valence-corrected chi connectivity index (χ0v) is 12.8. The number of nitrogens with zero attached hydrogens (tertiary/aromatic N) is 3. The number of esters is 1. The Balaban J connectivity index is 2.27. The summed E-state index contributed by atoms with van der Waals surface area (Å²) in [7, 11) is 0. The Kier molecular flexibility index (Phi) is 4.55. The van der Waals surface area contributed by atoms with Crippen molar-refractivity contribution in [3.8, 4) is 17.7 Å². The van der Waals surface area contributed by atoms with Crippen LogP contribution in [0.25, 0.3) is 0 Å². The summed E-state index contributed by atoms with van der Waals surface area (Å²) in [5.74, 6) is -1.47. The van der Waals surface area contributed by atoms with Gasteiger partial charge in [0.25, 0.3) is 0 Å². The van der Waals surface area contributed by atoms with Crippen LogP contribution in [0.15, 0.2) is 30.6 Å². The van der Waals surface area contributed by atoms with Gasteiger partial charge in [-0.05, 0) is 39.0 Å². The maximum Gasteiger partial charge on any atom is 0.338 e. The molecular weight excluding hydrogens is 301 g/mol. The van der Waals surface area contributed by atoms with E-state index in [2.05, 4.69) is 9.97 Å². The van der Waals surface area contributed by atoms with Crippen LogP contribution in [-0.4, -0.2) is 21.5 Å². The van der Waals surface area contributed by atoms with Gasteiger partial charge in [-0.2, -0.15) is 5.26 Å². The number of rotatable bonds is 3. The van der Waals surface area contributed by atoms with Gasteiger partial charge in [0.2, 0.25) is 5.88 Å². The number of ether oxygens (including phenoxy) is 2. The van der Waals surface area contributed by atoms with Crippen molar-refractivity contribution in [2.24, 2.45) is 0 Å². The molecule has 6 nitrogen and oxygen atoms in total. The van der Waals surface area contributed by atoms with Crippen molar-refractivity contribution in [2.75, 3.05) is 0 Å². The molecule has 1 aromatic carbocycles. The summed E-state index contributed by atoms with van der Waals surface area (Å²) in [6.07, 6.45) is 1.13. The van der Waals surface area contributed by atoms with Crippen LogP contribution in [0.3, 0.4) is 0 Å². The van der Waals surface area contributed by atoms with Crippen LogP contribution in [0.5, 0.6) is 11.6 Å². The van der Waals surface area contributed by atoms with E-state index in [1.54, 1.807) is 20.8 Å². The lowest BCUT2D eigenvalue weighted by Crippen LogP contribution is -2.23. The monoisotopic (exact) mass is 315 g/mol. The molecule has 0 N–H and O–H groups in total. The topological polar surface area (TPSA) is 85.1 Å². The van der Waals surface area contributed by atoms with Crippen LogP contribution < -0.4 is 4.74 Å². The molecule has 0 bridgehead atoms. The average Bonchev–Trinajstić information content (AvgIpc) is 2.48. The van der Waals surface area contributed by atoms with Crippen molar-refractivity contribution < 1.29 is 18.7 Å². The van der Waals surface area contributed by atoms with Gasteiger partial charge in [0.15, 0.2) is 11.6 Å². The highest BCUT2D eigenvalue weighted by Gasteiger charge is 2.19. The average molecular weight is 315 g/mol. The second kappa shape index (κ2) is 6.40. The van der Waals surface area contributed by atoms with Crippen LogP contribution in [0.4, 0.5) is 4.39 Å². The van der Waals surface area contributed by atoms with Crippen LogP contribution in [0.2, 0.25) is 0 Å². The molecule has 1 aromatic heterocycles. The summed E-state index contributed by atoms with van der Waals surface area (Å²) in [6, 6.07) is 6.71. The van der Waals surface area contributed by atoms with E-state index in [-0.39, 0.29) is 22.9 Å². The Bertz CT molecular complexity index is 779. The van der Waals surface area contributed by atoms with Gasteiger partial charge in [-0.15, -0.1) is 0 Å². The Morgan fingerprint density at radius 1 is 1.26 bits per heavy atom. The van der Waals surface area contributed by atoms with E-state index in [1.807, 2.05) is 6.07 Å². The minimum absolute atomic E-state index is 0.00297. The molecule has 2 aromatic rings. The van der Waals surface area contributed by atoms with E-state index in [0.717, 1.165) is 12.4 Å². The van der Waals surface area contributed by atoms with E-state index in [9.17, 15) is 9.18 Å². The third-order valence-electron chi connectivity index (χ3n) is 2.54. The number of aromatic nitrogens is 2. The molecule has 0 atom stereocenters. The molecule has 118 valence electrons. The summed E-state index contributed by atoms with van der Waals surface area (Å²) in [5, 5.41) is 8.78. The number of carbonyl (C=O) groups is 1. The Hall–Kier alpha value is -3.01. The molecule has 0 aliphatic heterocycles. The molecular formula is C16H14FN3O3. The predicted octanol–water partition coefficient (Wildman–Crippen LogP) is 3.23. The molecule has 0 saturated carbocycles. The molecule has 0 amide bonds. The zero-order chi connectivity index (χ0) is 17.0. The summed E-state index contributed by atoms with van der Waals surface area (Å²) < 4.78 is 24.4. The van der Waals surface area contributed by atoms with Gasteiger partial charge in [-0.1, -0.05) is 0 Å². The van der Waals surface area contributed by atoms with Gasteiger partial charge in [0, 0.05) is 6.07 Å². The fourth-order valence-corrected chi connectivity index (χ4v) is 1.61. The maximum atomic E-state index is 13.9. The highest BCUT2D eigenvalue weighted by Crippen LogP contribution is 2.25. The molecule has 23 heavy (non-hydrogen) atoms. The molecule has 2 rings (SSSR count). The van der Waals surface area contributed by atoms with E-state index < -0.39 is 17.4 Å². The van der Waals surface area contributed by atoms with Crippen LogP contribution in [0, 0.1) is 17.1 Å². The van der Waals surface area contributed by atoms with E-state index in [0.29, 0.717) is 0 Å². The zero-order valence-electron chi connectivity index (χ0n) is 12.8. The SMILES string of the molecule is CC(C)(C)OC(=O)c1ccc(F)c(Oc2cc(C#N)ncn2)c1. The second-order valence-corrected chi connectivity index (χ2v) is 5.60. The minimum Gasteiger partial charge on any atom is -0.456 e. The summed E-state index contributed by atoms with van der Waals surface area (Å²) in [6.45, 7) is 5.20. The first-order valence-corrected chi connectivity index (χ1v) is 6.71. The maximum absolute atomic E-state index is 13.9. The molecule has 0 aliphatic carbocycles. The quantitative estimate of drug-likeness (QED) is 0.808. The molecule has 0 unspecified atom stereocenters. The molecule has 7 heteroatoms. The second-order valence-electron chi connectivity index (χ2n) is 5.60. The molecule has 0 fully saturated rings. The fraction of sp³-hybridized carbons (Fsp3) is 0.250. The molecule has 0 aliphatic rings. The Morgan fingerprint density at radius 3 is 2.65 bits per heavy atom. The molecule has 0 spiro atoms. The number of carbonyl (C=O) groups excluding carboxylic acids is 1. The van der Waals surface area contributed by atoms with Crippen molar-refractivity contribution in [3.05, 3.63) is 47.7 Å². The highest BCUT2D eigenvalue weighted by molar-refractivity contribution is 5.90. The molecule has 1 heterocycles. The van der Waals surface area contributed by atoms with Gasteiger partial charge in [-0.3, -0.25) is 0 Å². The van der Waals surface area contributed by atoms with Gasteiger partial charge in [0.1, 0.15) is 23.7 Å². The Morgan fingerprint density at radius 2 is 2.00 bits per heavy atom. The number of hydrogen-bond acceptors (Lipinski definition) is 6. The van der Waals surface area contributed by atoms with Crippen molar-refractivity contribution in [1.82, 2.24) is 9.97 Å². The van der Waals surface area contributed by atoms with Crippen molar-refractivity contribution in [3.63, 3.8) is 0 Å². The lowest BCUT2D eigenvalue weighted by atomic mass is 10.1. The standard InChI is InChI=1S/C16H14FN3O3/c1-16(2,3)23-15(21)10-4-5-12(17)13(6-10)22-14-7-11(8-18)19-9-20-14/h4-7,9H,1-3H3. The van der Waals surface area contributed by atoms with Crippen molar-refractivity contribution >= 4 is 5.97 Å². The largest absolute Gasteiger partial charge is 0.456 e. The summed E-state index contributed by atoms with van der Waals surface area (Å²) in [5.41, 5.74) is -0.439. The molecule has 0 saturated heterocycles. The minimum atomic E-state index is -0.672. The first kappa shape index (κ1) is 16.4. The van der Waals surface area contributed by atoms with Crippen LogP contribution >= 0.6 is 0 Å². The first-order chi connectivity index (χ1) is 10.8. The normalized spacial score (nSPS) is 10.7. The van der Waals surface area contributed by atoms with Gasteiger partial charge in [-0.25, -0.2) is 19.2 Å². The van der Waals surface area contributed by atoms with Crippen LogP contribution in [-0.2, 0) is 4.74 Å². The van der Waals surface area contributed by atoms with E-state index in [1.165, 1.54) is 18.2 Å². The predicted molar refractivity (Wildman–Crippen MR) is 78.4 cm³/mol. The summed E-state index contributed by atoms with van der Waals surface area (Å²) >= 11 is 0. The third kappa shape index (κ3) is 4.48. The van der Waals surface area contributed by atoms with E-state index in [4.69, 9.17) is 14.7 Å². The summed E-state index contributed by atoms with van der Waals surface area (Å²) in [4.78, 5) is 19.5. The first-order valence-electron chi connectivity index (χ1n) is 6.71. The van der Waals surface area contributed by atoms with Crippen molar-refractivity contribution in [2.45, 2.75) is 26.4 Å². The van der Waals surface area contributed by atoms with Gasteiger partial charge < -0.3 is 9.47 Å². The lowest BCUT2D eigenvalue weighted by Gasteiger charge is -2.19. The van der Waals surface area contributed by atoms with Crippen molar-refractivity contribution in [1.29, 1.82) is 5.26 Å². The number of nitriles is 1. The fourth-order valence-electron chi connectivity index (χ4n) is 1.61. The highest BCUT2D eigenvalue weighted by atomic mass is 19.1. The smallest absolute Gasteiger partial charge is 0.338 e. The van der Waals surface area contributed by atoms with E-state index >= 15 is 0 Å². The van der Waals surface area contributed by atoms with Gasteiger partial charge in [0.05, 0.1) is 5.56 Å².